The number of rotatable bonds is 6. The van der Waals surface area contributed by atoms with Crippen LogP contribution in [0.1, 0.15) is 75.1 Å². The van der Waals surface area contributed by atoms with Gasteiger partial charge in [-0.3, -0.25) is 0 Å². The quantitative estimate of drug-likeness (QED) is 0.740. The van der Waals surface area contributed by atoms with Gasteiger partial charge in [-0.25, -0.2) is 0 Å². The molecule has 20 heavy (non-hydrogen) atoms. The molecule has 1 aromatic carbocycles. The van der Waals surface area contributed by atoms with Crippen molar-refractivity contribution in [1.29, 1.82) is 0 Å². The Morgan fingerprint density at radius 1 is 1.15 bits per heavy atom. The molecule has 0 bridgehead atoms. The summed E-state index contributed by atoms with van der Waals surface area (Å²) in [6, 6.07) is 7.53. The molecular weight excluding hydrogens is 242 g/mol. The van der Waals surface area contributed by atoms with Crippen LogP contribution in [0, 0.1) is 19.3 Å². The van der Waals surface area contributed by atoms with Gasteiger partial charge in [-0.1, -0.05) is 50.5 Å². The zero-order chi connectivity index (χ0) is 14.6. The lowest BCUT2D eigenvalue weighted by molar-refractivity contribution is 0.186. The summed E-state index contributed by atoms with van der Waals surface area (Å²) in [6.45, 7) is 10.2. The SMILES string of the molecule is CCCNC(c1ccc(C)cc1C)C1(CC)CCCC1. The van der Waals surface area contributed by atoms with Crippen LogP contribution in [0.3, 0.4) is 0 Å². The first-order valence-corrected chi connectivity index (χ1v) is 8.43. The molecule has 0 saturated heterocycles. The molecule has 1 nitrogen and oxygen atoms in total. The second kappa shape index (κ2) is 6.76. The minimum absolute atomic E-state index is 0.481. The highest BCUT2D eigenvalue weighted by Gasteiger charge is 2.40. The fourth-order valence-corrected chi connectivity index (χ4v) is 4.02. The van der Waals surface area contributed by atoms with Crippen LogP contribution in [0.25, 0.3) is 0 Å². The Kier molecular flexibility index (Phi) is 5.26. The van der Waals surface area contributed by atoms with E-state index in [-0.39, 0.29) is 0 Å². The maximum absolute atomic E-state index is 3.88. The molecule has 0 aliphatic heterocycles. The first-order chi connectivity index (χ1) is 9.63. The van der Waals surface area contributed by atoms with Gasteiger partial charge >= 0.3 is 0 Å². The van der Waals surface area contributed by atoms with Gasteiger partial charge in [-0.2, -0.15) is 0 Å². The van der Waals surface area contributed by atoms with Crippen LogP contribution < -0.4 is 5.32 Å². The first-order valence-electron chi connectivity index (χ1n) is 8.43. The van der Waals surface area contributed by atoms with E-state index in [9.17, 15) is 0 Å². The Bertz CT molecular complexity index is 429. The molecule has 2 rings (SSSR count). The predicted octanol–water partition coefficient (Wildman–Crippen LogP) is 5.31. The van der Waals surface area contributed by atoms with Crippen molar-refractivity contribution in [2.45, 2.75) is 72.3 Å². The van der Waals surface area contributed by atoms with Crippen molar-refractivity contribution in [2.75, 3.05) is 6.54 Å². The summed E-state index contributed by atoms with van der Waals surface area (Å²) in [5, 5.41) is 3.88. The van der Waals surface area contributed by atoms with Crippen LogP contribution in [-0.4, -0.2) is 6.54 Å². The maximum atomic E-state index is 3.88. The van der Waals surface area contributed by atoms with Crippen LogP contribution in [-0.2, 0) is 0 Å². The van der Waals surface area contributed by atoms with Gasteiger partial charge in [0.25, 0.3) is 0 Å². The molecule has 0 radical (unpaired) electrons. The highest BCUT2D eigenvalue weighted by Crippen LogP contribution is 2.50. The maximum Gasteiger partial charge on any atom is 0.0379 e. The lowest BCUT2D eigenvalue weighted by Crippen LogP contribution is -2.37. The van der Waals surface area contributed by atoms with Gasteiger partial charge in [-0.05, 0) is 62.6 Å². The number of hydrogen-bond donors (Lipinski definition) is 1. The first kappa shape index (κ1) is 15.6. The lowest BCUT2D eigenvalue weighted by Gasteiger charge is -2.39. The van der Waals surface area contributed by atoms with E-state index in [4.69, 9.17) is 0 Å². The summed E-state index contributed by atoms with van der Waals surface area (Å²) >= 11 is 0. The minimum Gasteiger partial charge on any atom is -0.309 e. The highest BCUT2D eigenvalue weighted by molar-refractivity contribution is 5.34. The topological polar surface area (TPSA) is 12.0 Å². The number of benzene rings is 1. The van der Waals surface area contributed by atoms with Crippen molar-refractivity contribution in [3.8, 4) is 0 Å². The van der Waals surface area contributed by atoms with Gasteiger partial charge in [0.15, 0.2) is 0 Å². The zero-order valence-corrected chi connectivity index (χ0v) is 13.8. The van der Waals surface area contributed by atoms with Gasteiger partial charge in [0.05, 0.1) is 0 Å². The van der Waals surface area contributed by atoms with E-state index in [2.05, 4.69) is 51.2 Å². The Balaban J connectivity index is 2.35. The molecule has 1 aromatic rings. The summed E-state index contributed by atoms with van der Waals surface area (Å²) in [5.74, 6) is 0. The molecule has 0 heterocycles. The summed E-state index contributed by atoms with van der Waals surface area (Å²) < 4.78 is 0. The van der Waals surface area contributed by atoms with Gasteiger partial charge < -0.3 is 5.32 Å². The standard InChI is InChI=1S/C19H31N/c1-5-13-20-18(19(6-2)11-7-8-12-19)17-10-9-15(3)14-16(17)4/h9-10,14,18,20H,5-8,11-13H2,1-4H3. The molecule has 1 heteroatoms. The smallest absolute Gasteiger partial charge is 0.0379 e. The number of nitrogens with one attached hydrogen (secondary N) is 1. The van der Waals surface area contributed by atoms with E-state index >= 15 is 0 Å². The lowest BCUT2D eigenvalue weighted by atomic mass is 9.72. The molecule has 1 aliphatic rings. The normalized spacial score (nSPS) is 19.2. The monoisotopic (exact) mass is 273 g/mol. The van der Waals surface area contributed by atoms with Crippen molar-refractivity contribution in [3.63, 3.8) is 0 Å². The molecule has 0 amide bonds. The summed E-state index contributed by atoms with van der Waals surface area (Å²) in [6.07, 6.45) is 8.09. The average Bonchev–Trinajstić information content (AvgIpc) is 2.91. The summed E-state index contributed by atoms with van der Waals surface area (Å²) in [5.41, 5.74) is 4.85. The molecular formula is C19H31N. The summed E-state index contributed by atoms with van der Waals surface area (Å²) in [4.78, 5) is 0. The highest BCUT2D eigenvalue weighted by atomic mass is 14.9. The van der Waals surface area contributed by atoms with Crippen molar-refractivity contribution in [1.82, 2.24) is 5.32 Å². The fraction of sp³-hybridized carbons (Fsp3) is 0.684. The molecule has 1 aliphatic carbocycles. The Morgan fingerprint density at radius 2 is 1.85 bits per heavy atom. The van der Waals surface area contributed by atoms with Crippen LogP contribution in [0.15, 0.2) is 18.2 Å². The Morgan fingerprint density at radius 3 is 2.40 bits per heavy atom. The van der Waals surface area contributed by atoms with E-state index in [1.807, 2.05) is 0 Å². The Labute approximate surface area is 125 Å². The zero-order valence-electron chi connectivity index (χ0n) is 13.8. The van der Waals surface area contributed by atoms with Crippen molar-refractivity contribution in [3.05, 3.63) is 34.9 Å². The van der Waals surface area contributed by atoms with Crippen LogP contribution in [0.2, 0.25) is 0 Å². The third-order valence-corrected chi connectivity index (χ3v) is 5.25. The number of aryl methyl sites for hydroxylation is 2. The van der Waals surface area contributed by atoms with Crippen molar-refractivity contribution >= 4 is 0 Å². The second-order valence-corrected chi connectivity index (χ2v) is 6.67. The fourth-order valence-electron chi connectivity index (χ4n) is 4.02. The third-order valence-electron chi connectivity index (χ3n) is 5.25. The van der Waals surface area contributed by atoms with Crippen molar-refractivity contribution < 1.29 is 0 Å². The minimum atomic E-state index is 0.481. The second-order valence-electron chi connectivity index (χ2n) is 6.67. The van der Waals surface area contributed by atoms with Gasteiger partial charge in [0, 0.05) is 6.04 Å². The molecule has 1 fully saturated rings. The molecule has 1 atom stereocenters. The average molecular weight is 273 g/mol. The van der Waals surface area contributed by atoms with Gasteiger partial charge in [-0.15, -0.1) is 0 Å². The van der Waals surface area contributed by atoms with Gasteiger partial charge in [0.1, 0.15) is 0 Å². The molecule has 0 spiro atoms. The molecule has 1 N–H and O–H groups in total. The number of hydrogen-bond acceptors (Lipinski definition) is 1. The molecule has 112 valence electrons. The Hall–Kier alpha value is -0.820. The van der Waals surface area contributed by atoms with E-state index in [0.29, 0.717) is 11.5 Å². The molecule has 1 unspecified atom stereocenters. The van der Waals surface area contributed by atoms with Crippen LogP contribution in [0.4, 0.5) is 0 Å². The largest absolute Gasteiger partial charge is 0.309 e. The molecule has 0 aromatic heterocycles. The third kappa shape index (κ3) is 3.09. The molecule has 1 saturated carbocycles. The van der Waals surface area contributed by atoms with Crippen molar-refractivity contribution in [2.24, 2.45) is 5.41 Å². The van der Waals surface area contributed by atoms with E-state index in [1.165, 1.54) is 55.2 Å². The predicted molar refractivity (Wildman–Crippen MR) is 88.1 cm³/mol. The van der Waals surface area contributed by atoms with E-state index in [1.54, 1.807) is 0 Å². The summed E-state index contributed by atoms with van der Waals surface area (Å²) in [7, 11) is 0. The van der Waals surface area contributed by atoms with Gasteiger partial charge in [0.2, 0.25) is 0 Å². The van der Waals surface area contributed by atoms with E-state index < -0.39 is 0 Å². The van der Waals surface area contributed by atoms with E-state index in [0.717, 1.165) is 6.54 Å². The van der Waals surface area contributed by atoms with Crippen LogP contribution >= 0.6 is 0 Å². The van der Waals surface area contributed by atoms with Crippen LogP contribution in [0.5, 0.6) is 0 Å².